The number of aryl methyl sites for hydroxylation is 1. The molecule has 5 heteroatoms. The van der Waals surface area contributed by atoms with E-state index >= 15 is 0 Å². The summed E-state index contributed by atoms with van der Waals surface area (Å²) in [7, 11) is 0. The van der Waals surface area contributed by atoms with Crippen LogP contribution in [0.15, 0.2) is 47.0 Å². The summed E-state index contributed by atoms with van der Waals surface area (Å²) in [5.74, 6) is 2.05. The van der Waals surface area contributed by atoms with Gasteiger partial charge in [-0.3, -0.25) is 0 Å². The maximum absolute atomic E-state index is 5.83. The number of aromatic nitrogens is 2. The Labute approximate surface area is 141 Å². The summed E-state index contributed by atoms with van der Waals surface area (Å²) in [5.41, 5.74) is 9.96. The number of hydrogen-bond donors (Lipinski definition) is 1. The summed E-state index contributed by atoms with van der Waals surface area (Å²) in [6.07, 6.45) is 0.571. The molecule has 5 nitrogen and oxygen atoms in total. The van der Waals surface area contributed by atoms with Gasteiger partial charge in [0.1, 0.15) is 5.75 Å². The van der Waals surface area contributed by atoms with Gasteiger partial charge in [-0.2, -0.15) is 4.98 Å². The van der Waals surface area contributed by atoms with Crippen LogP contribution in [0, 0.1) is 13.8 Å². The van der Waals surface area contributed by atoms with Crippen LogP contribution >= 0.6 is 0 Å². The van der Waals surface area contributed by atoms with E-state index in [0.29, 0.717) is 31.3 Å². The Bertz CT molecular complexity index is 810. The largest absolute Gasteiger partial charge is 0.493 e. The maximum atomic E-state index is 5.83. The molecular formula is C19H21N3O2. The normalized spacial score (nSPS) is 10.8. The minimum absolute atomic E-state index is 0.498. The van der Waals surface area contributed by atoms with Crippen molar-refractivity contribution in [1.29, 1.82) is 0 Å². The van der Waals surface area contributed by atoms with Crippen LogP contribution in [0.25, 0.3) is 11.4 Å². The van der Waals surface area contributed by atoms with Crippen LogP contribution in [-0.4, -0.2) is 16.7 Å². The van der Waals surface area contributed by atoms with Crippen molar-refractivity contribution in [3.05, 3.63) is 65.0 Å². The predicted octanol–water partition coefficient (Wildman–Crippen LogP) is 3.43. The van der Waals surface area contributed by atoms with E-state index in [1.807, 2.05) is 36.4 Å². The van der Waals surface area contributed by atoms with Gasteiger partial charge < -0.3 is 15.0 Å². The average Bonchev–Trinajstić information content (AvgIpc) is 3.08. The molecule has 2 N–H and O–H groups in total. The molecule has 0 aliphatic heterocycles. The Morgan fingerprint density at radius 3 is 2.62 bits per heavy atom. The van der Waals surface area contributed by atoms with Gasteiger partial charge in [0, 0.05) is 12.1 Å². The first-order chi connectivity index (χ1) is 11.7. The zero-order valence-electron chi connectivity index (χ0n) is 14.0. The van der Waals surface area contributed by atoms with Gasteiger partial charge in [0.2, 0.25) is 11.7 Å². The number of hydrogen-bond acceptors (Lipinski definition) is 5. The Hall–Kier alpha value is -2.66. The van der Waals surface area contributed by atoms with Crippen molar-refractivity contribution in [1.82, 2.24) is 10.1 Å². The number of benzene rings is 2. The molecule has 0 saturated heterocycles. The van der Waals surface area contributed by atoms with E-state index in [4.69, 9.17) is 15.0 Å². The van der Waals surface area contributed by atoms with Crippen molar-refractivity contribution in [2.75, 3.05) is 6.61 Å². The van der Waals surface area contributed by atoms with Crippen LogP contribution in [0.1, 0.15) is 22.6 Å². The second kappa shape index (κ2) is 7.27. The monoisotopic (exact) mass is 323 g/mol. The van der Waals surface area contributed by atoms with Crippen LogP contribution in [0.3, 0.4) is 0 Å². The van der Waals surface area contributed by atoms with E-state index in [9.17, 15) is 0 Å². The van der Waals surface area contributed by atoms with Gasteiger partial charge >= 0.3 is 0 Å². The van der Waals surface area contributed by atoms with Crippen LogP contribution < -0.4 is 10.5 Å². The van der Waals surface area contributed by atoms with E-state index in [0.717, 1.165) is 22.4 Å². The topological polar surface area (TPSA) is 74.2 Å². The summed E-state index contributed by atoms with van der Waals surface area (Å²) in [5, 5.41) is 4.03. The highest BCUT2D eigenvalue weighted by molar-refractivity contribution is 5.54. The van der Waals surface area contributed by atoms with E-state index < -0.39 is 0 Å². The van der Waals surface area contributed by atoms with E-state index in [2.05, 4.69) is 30.1 Å². The molecule has 0 spiro atoms. The Kier molecular flexibility index (Phi) is 4.91. The minimum atomic E-state index is 0.498. The van der Waals surface area contributed by atoms with Crippen LogP contribution in [0.2, 0.25) is 0 Å². The SMILES string of the molecule is Cc1cccc(OCCc2nc(-c3ccc(CN)cc3)no2)c1C. The second-order valence-corrected chi connectivity index (χ2v) is 5.71. The molecule has 0 aliphatic carbocycles. The third-order valence-corrected chi connectivity index (χ3v) is 4.04. The molecule has 24 heavy (non-hydrogen) atoms. The summed E-state index contributed by atoms with van der Waals surface area (Å²) < 4.78 is 11.1. The lowest BCUT2D eigenvalue weighted by atomic mass is 10.1. The minimum Gasteiger partial charge on any atom is -0.493 e. The van der Waals surface area contributed by atoms with Crippen molar-refractivity contribution >= 4 is 0 Å². The molecule has 0 radical (unpaired) electrons. The highest BCUT2D eigenvalue weighted by atomic mass is 16.5. The maximum Gasteiger partial charge on any atom is 0.230 e. The molecule has 0 bridgehead atoms. The van der Waals surface area contributed by atoms with Crippen LogP contribution in [0.5, 0.6) is 5.75 Å². The quantitative estimate of drug-likeness (QED) is 0.752. The van der Waals surface area contributed by atoms with Gasteiger partial charge in [-0.15, -0.1) is 0 Å². The first-order valence-corrected chi connectivity index (χ1v) is 7.98. The summed E-state index contributed by atoms with van der Waals surface area (Å²) in [6.45, 7) is 5.15. The lowest BCUT2D eigenvalue weighted by molar-refractivity contribution is 0.291. The molecule has 0 amide bonds. The summed E-state index contributed by atoms with van der Waals surface area (Å²) >= 11 is 0. The smallest absolute Gasteiger partial charge is 0.230 e. The standard InChI is InChI=1S/C19H21N3O2/c1-13-4-3-5-17(14(13)2)23-11-10-18-21-19(22-24-18)16-8-6-15(12-20)7-9-16/h3-9H,10-12,20H2,1-2H3. The first-order valence-electron chi connectivity index (χ1n) is 7.98. The molecule has 0 aliphatic rings. The van der Waals surface area contributed by atoms with E-state index in [1.54, 1.807) is 0 Å². The van der Waals surface area contributed by atoms with Gasteiger partial charge in [0.15, 0.2) is 0 Å². The lowest BCUT2D eigenvalue weighted by Gasteiger charge is -2.09. The molecule has 0 saturated carbocycles. The molecule has 2 aromatic carbocycles. The Balaban J connectivity index is 1.60. The van der Waals surface area contributed by atoms with Gasteiger partial charge in [0.25, 0.3) is 0 Å². The fourth-order valence-corrected chi connectivity index (χ4v) is 2.39. The third kappa shape index (κ3) is 3.63. The van der Waals surface area contributed by atoms with Gasteiger partial charge in [-0.25, -0.2) is 0 Å². The van der Waals surface area contributed by atoms with Gasteiger partial charge in [-0.05, 0) is 36.6 Å². The zero-order chi connectivity index (χ0) is 16.9. The molecule has 0 fully saturated rings. The fraction of sp³-hybridized carbons (Fsp3) is 0.263. The van der Waals surface area contributed by atoms with Crippen molar-refractivity contribution in [3.8, 4) is 17.1 Å². The number of rotatable bonds is 6. The summed E-state index contributed by atoms with van der Waals surface area (Å²) in [6, 6.07) is 13.9. The van der Waals surface area contributed by atoms with Crippen molar-refractivity contribution in [2.24, 2.45) is 5.73 Å². The third-order valence-electron chi connectivity index (χ3n) is 4.04. The average molecular weight is 323 g/mol. The molecule has 3 rings (SSSR count). The zero-order valence-corrected chi connectivity index (χ0v) is 14.0. The Morgan fingerprint density at radius 2 is 1.88 bits per heavy atom. The highest BCUT2D eigenvalue weighted by Crippen LogP contribution is 2.21. The van der Waals surface area contributed by atoms with Crippen molar-refractivity contribution in [2.45, 2.75) is 26.8 Å². The molecule has 0 atom stereocenters. The van der Waals surface area contributed by atoms with Gasteiger partial charge in [-0.1, -0.05) is 41.6 Å². The number of nitrogens with two attached hydrogens (primary N) is 1. The van der Waals surface area contributed by atoms with Crippen molar-refractivity contribution in [3.63, 3.8) is 0 Å². The fourth-order valence-electron chi connectivity index (χ4n) is 2.39. The lowest BCUT2D eigenvalue weighted by Crippen LogP contribution is -2.03. The van der Waals surface area contributed by atoms with E-state index in [1.165, 1.54) is 5.56 Å². The summed E-state index contributed by atoms with van der Waals surface area (Å²) in [4.78, 5) is 4.42. The molecule has 124 valence electrons. The van der Waals surface area contributed by atoms with E-state index in [-0.39, 0.29) is 0 Å². The Morgan fingerprint density at radius 1 is 1.08 bits per heavy atom. The molecule has 0 unspecified atom stereocenters. The second-order valence-electron chi connectivity index (χ2n) is 5.71. The molecule has 1 heterocycles. The highest BCUT2D eigenvalue weighted by Gasteiger charge is 2.09. The van der Waals surface area contributed by atoms with Gasteiger partial charge in [0.05, 0.1) is 13.0 Å². The molecule has 3 aromatic rings. The van der Waals surface area contributed by atoms with Crippen molar-refractivity contribution < 1.29 is 9.26 Å². The number of ether oxygens (including phenoxy) is 1. The number of nitrogens with zero attached hydrogens (tertiary/aromatic N) is 2. The molecular weight excluding hydrogens is 302 g/mol. The van der Waals surface area contributed by atoms with Crippen LogP contribution in [-0.2, 0) is 13.0 Å². The first kappa shape index (κ1) is 16.2. The predicted molar refractivity (Wildman–Crippen MR) is 92.7 cm³/mol. The molecule has 1 aromatic heterocycles. The van der Waals surface area contributed by atoms with Crippen LogP contribution in [0.4, 0.5) is 0 Å².